The number of aliphatic hydroxyl groups excluding tert-OH is 1. The molecule has 1 heterocycles. The maximum Gasteiger partial charge on any atom is 0.0963 e. The molecule has 2 rings (SSSR count). The summed E-state index contributed by atoms with van der Waals surface area (Å²) in [6.45, 7) is 4.51. The highest BCUT2D eigenvalue weighted by Crippen LogP contribution is 2.28. The van der Waals surface area contributed by atoms with E-state index >= 15 is 0 Å². The van der Waals surface area contributed by atoms with Gasteiger partial charge in [0.25, 0.3) is 0 Å². The number of thiazole rings is 1. The molecule has 86 valence electrons. The van der Waals surface area contributed by atoms with Crippen LogP contribution in [0.5, 0.6) is 0 Å². The van der Waals surface area contributed by atoms with Crippen LogP contribution in [-0.2, 0) is 0 Å². The second-order valence-electron chi connectivity index (χ2n) is 4.19. The van der Waals surface area contributed by atoms with Crippen LogP contribution in [0.4, 0.5) is 0 Å². The van der Waals surface area contributed by atoms with Gasteiger partial charge in [-0.1, -0.05) is 19.9 Å². The summed E-state index contributed by atoms with van der Waals surface area (Å²) in [5, 5.41) is 10.8. The van der Waals surface area contributed by atoms with E-state index in [-0.39, 0.29) is 6.54 Å². The van der Waals surface area contributed by atoms with Gasteiger partial charge in [0.1, 0.15) is 0 Å². The number of benzene rings is 1. The summed E-state index contributed by atoms with van der Waals surface area (Å²) < 4.78 is 1.16. The van der Waals surface area contributed by atoms with Crippen molar-refractivity contribution >= 4 is 21.6 Å². The van der Waals surface area contributed by atoms with Gasteiger partial charge in [-0.2, -0.15) is 0 Å². The first-order chi connectivity index (χ1) is 7.61. The monoisotopic (exact) mass is 236 g/mol. The average Bonchev–Trinajstić information content (AvgIpc) is 2.70. The molecule has 16 heavy (non-hydrogen) atoms. The Bertz CT molecular complexity index is 493. The van der Waals surface area contributed by atoms with E-state index in [0.29, 0.717) is 5.92 Å². The van der Waals surface area contributed by atoms with E-state index in [1.807, 2.05) is 18.2 Å². The normalized spacial score (nSPS) is 13.6. The van der Waals surface area contributed by atoms with Crippen LogP contribution in [0.15, 0.2) is 18.2 Å². The second kappa shape index (κ2) is 4.49. The number of aromatic nitrogens is 1. The topological polar surface area (TPSA) is 59.1 Å². The molecule has 1 aromatic heterocycles. The van der Waals surface area contributed by atoms with Gasteiger partial charge in [-0.05, 0) is 17.7 Å². The van der Waals surface area contributed by atoms with E-state index < -0.39 is 6.10 Å². The zero-order valence-electron chi connectivity index (χ0n) is 9.47. The molecule has 0 aliphatic carbocycles. The van der Waals surface area contributed by atoms with Crippen molar-refractivity contribution in [3.8, 4) is 0 Å². The molecule has 0 fully saturated rings. The lowest BCUT2D eigenvalue weighted by atomic mass is 10.1. The molecule has 2 aromatic rings. The molecule has 0 saturated heterocycles. The average molecular weight is 236 g/mol. The van der Waals surface area contributed by atoms with Gasteiger partial charge >= 0.3 is 0 Å². The molecule has 0 radical (unpaired) electrons. The molecule has 3 N–H and O–H groups in total. The Hall–Kier alpha value is -0.970. The molecule has 0 aliphatic rings. The summed E-state index contributed by atoms with van der Waals surface area (Å²) in [5.74, 6) is 0.445. The fraction of sp³-hybridized carbons (Fsp3) is 0.417. The number of rotatable bonds is 3. The van der Waals surface area contributed by atoms with Gasteiger partial charge in [0.05, 0.1) is 21.3 Å². The van der Waals surface area contributed by atoms with Gasteiger partial charge in [0.2, 0.25) is 0 Å². The van der Waals surface area contributed by atoms with Crippen molar-refractivity contribution in [2.75, 3.05) is 6.54 Å². The van der Waals surface area contributed by atoms with Crippen LogP contribution in [0.25, 0.3) is 10.2 Å². The van der Waals surface area contributed by atoms with Crippen LogP contribution < -0.4 is 5.73 Å². The van der Waals surface area contributed by atoms with Crippen LogP contribution >= 0.6 is 11.3 Å². The van der Waals surface area contributed by atoms with Crippen LogP contribution in [-0.4, -0.2) is 16.6 Å². The standard InChI is InChI=1S/C12H16N2OS/c1-7(2)12-14-9-5-8(10(15)6-13)3-4-11(9)16-12/h3-5,7,10,15H,6,13H2,1-2H3. The van der Waals surface area contributed by atoms with Gasteiger partial charge in [-0.15, -0.1) is 11.3 Å². The molecule has 4 heteroatoms. The number of hydrogen-bond acceptors (Lipinski definition) is 4. The SMILES string of the molecule is CC(C)c1nc2cc(C(O)CN)ccc2s1. The van der Waals surface area contributed by atoms with Crippen molar-refractivity contribution in [2.45, 2.75) is 25.9 Å². The molecule has 0 amide bonds. The van der Waals surface area contributed by atoms with E-state index in [4.69, 9.17) is 5.73 Å². The molecule has 1 unspecified atom stereocenters. The van der Waals surface area contributed by atoms with E-state index in [1.54, 1.807) is 11.3 Å². The second-order valence-corrected chi connectivity index (χ2v) is 5.25. The molecule has 0 bridgehead atoms. The Kier molecular flexibility index (Phi) is 3.23. The Balaban J connectivity index is 2.45. The van der Waals surface area contributed by atoms with Crippen molar-refractivity contribution in [1.29, 1.82) is 0 Å². The van der Waals surface area contributed by atoms with Crippen molar-refractivity contribution in [3.63, 3.8) is 0 Å². The van der Waals surface area contributed by atoms with Crippen LogP contribution in [0.2, 0.25) is 0 Å². The lowest BCUT2D eigenvalue weighted by Gasteiger charge is -2.06. The maximum absolute atomic E-state index is 9.66. The maximum atomic E-state index is 9.66. The van der Waals surface area contributed by atoms with Crippen molar-refractivity contribution in [2.24, 2.45) is 5.73 Å². The lowest BCUT2D eigenvalue weighted by molar-refractivity contribution is 0.187. The third kappa shape index (κ3) is 2.09. The van der Waals surface area contributed by atoms with Crippen LogP contribution in [0, 0.1) is 0 Å². The molecular weight excluding hydrogens is 220 g/mol. The fourth-order valence-corrected chi connectivity index (χ4v) is 2.50. The summed E-state index contributed by atoms with van der Waals surface area (Å²) in [4.78, 5) is 4.56. The fourth-order valence-electron chi connectivity index (χ4n) is 1.55. The zero-order valence-corrected chi connectivity index (χ0v) is 10.3. The number of hydrogen-bond donors (Lipinski definition) is 2. The van der Waals surface area contributed by atoms with E-state index in [9.17, 15) is 5.11 Å². The first kappa shape index (κ1) is 11.5. The van der Waals surface area contributed by atoms with Gasteiger partial charge in [0.15, 0.2) is 0 Å². The summed E-state index contributed by atoms with van der Waals surface area (Å²) in [6, 6.07) is 5.85. The van der Waals surface area contributed by atoms with Crippen LogP contribution in [0.3, 0.4) is 0 Å². The molecule has 0 saturated carbocycles. The highest BCUT2D eigenvalue weighted by atomic mass is 32.1. The highest BCUT2D eigenvalue weighted by molar-refractivity contribution is 7.18. The molecule has 0 aliphatic heterocycles. The molecule has 1 aromatic carbocycles. The van der Waals surface area contributed by atoms with Gasteiger partial charge < -0.3 is 10.8 Å². The predicted molar refractivity (Wildman–Crippen MR) is 67.7 cm³/mol. The summed E-state index contributed by atoms with van der Waals surface area (Å²) >= 11 is 1.71. The minimum Gasteiger partial charge on any atom is -0.387 e. The first-order valence-electron chi connectivity index (χ1n) is 5.40. The van der Waals surface area contributed by atoms with Gasteiger partial charge in [0, 0.05) is 12.5 Å². The van der Waals surface area contributed by atoms with E-state index in [2.05, 4.69) is 18.8 Å². The number of fused-ring (bicyclic) bond motifs is 1. The Morgan fingerprint density at radius 3 is 2.81 bits per heavy atom. The van der Waals surface area contributed by atoms with Crippen molar-refractivity contribution in [1.82, 2.24) is 4.98 Å². The first-order valence-corrected chi connectivity index (χ1v) is 6.22. The number of nitrogens with zero attached hydrogens (tertiary/aromatic N) is 1. The zero-order chi connectivity index (χ0) is 11.7. The number of nitrogens with two attached hydrogens (primary N) is 1. The Labute approximate surface area is 98.9 Å². The lowest BCUT2D eigenvalue weighted by Crippen LogP contribution is -2.11. The molecule has 1 atom stereocenters. The van der Waals surface area contributed by atoms with Gasteiger partial charge in [-0.3, -0.25) is 0 Å². The van der Waals surface area contributed by atoms with Crippen molar-refractivity contribution in [3.05, 3.63) is 28.8 Å². The smallest absolute Gasteiger partial charge is 0.0963 e. The molecule has 3 nitrogen and oxygen atoms in total. The minimum atomic E-state index is -0.589. The summed E-state index contributed by atoms with van der Waals surface area (Å²) in [7, 11) is 0. The largest absolute Gasteiger partial charge is 0.387 e. The highest BCUT2D eigenvalue weighted by Gasteiger charge is 2.10. The summed E-state index contributed by atoms with van der Waals surface area (Å²) in [5.41, 5.74) is 7.23. The van der Waals surface area contributed by atoms with Gasteiger partial charge in [-0.25, -0.2) is 4.98 Å². The number of aliphatic hydroxyl groups is 1. The Morgan fingerprint density at radius 1 is 1.44 bits per heavy atom. The predicted octanol–water partition coefficient (Wildman–Crippen LogP) is 2.41. The van der Waals surface area contributed by atoms with E-state index in [1.165, 1.54) is 0 Å². The molecule has 0 spiro atoms. The van der Waals surface area contributed by atoms with E-state index in [0.717, 1.165) is 20.8 Å². The Morgan fingerprint density at radius 2 is 2.19 bits per heavy atom. The molecular formula is C12H16N2OS. The quantitative estimate of drug-likeness (QED) is 0.860. The third-order valence-corrected chi connectivity index (χ3v) is 3.87. The minimum absolute atomic E-state index is 0.243. The summed E-state index contributed by atoms with van der Waals surface area (Å²) in [6.07, 6.45) is -0.589. The van der Waals surface area contributed by atoms with Crippen LogP contribution in [0.1, 0.15) is 36.4 Å². The third-order valence-electron chi connectivity index (χ3n) is 2.53. The van der Waals surface area contributed by atoms with Crippen molar-refractivity contribution < 1.29 is 5.11 Å².